The second-order valence-corrected chi connectivity index (χ2v) is 5.25. The third kappa shape index (κ3) is 2.85. The fourth-order valence-electron chi connectivity index (χ4n) is 2.55. The molecule has 0 bridgehead atoms. The Morgan fingerprint density at radius 1 is 1.09 bits per heavy atom. The molecular weight excluding hydrogens is 298 g/mol. The van der Waals surface area contributed by atoms with Gasteiger partial charge in [0.2, 0.25) is 0 Å². The zero-order chi connectivity index (χ0) is 16.4. The zero-order valence-electron chi connectivity index (χ0n) is 12.6. The number of aromatic nitrogens is 3. The molecule has 0 aliphatic carbocycles. The molecule has 0 amide bonds. The van der Waals surface area contributed by atoms with Crippen molar-refractivity contribution in [2.75, 3.05) is 0 Å². The molecule has 1 aromatic heterocycles. The van der Waals surface area contributed by atoms with Gasteiger partial charge in [-0.2, -0.15) is 0 Å². The van der Waals surface area contributed by atoms with Crippen LogP contribution in [0.2, 0.25) is 0 Å². The Morgan fingerprint density at radius 3 is 2.48 bits per heavy atom. The Kier molecular flexibility index (Phi) is 4.16. The third-order valence-electron chi connectivity index (χ3n) is 3.80. The van der Waals surface area contributed by atoms with Crippen LogP contribution in [-0.4, -0.2) is 15.0 Å². The van der Waals surface area contributed by atoms with Crippen LogP contribution in [0.3, 0.4) is 0 Å². The van der Waals surface area contributed by atoms with Crippen LogP contribution in [0, 0.1) is 11.6 Å². The summed E-state index contributed by atoms with van der Waals surface area (Å²) < 4.78 is 28.5. The van der Waals surface area contributed by atoms with Crippen molar-refractivity contribution in [2.45, 2.75) is 19.5 Å². The number of hydrogen-bond donors (Lipinski definition) is 1. The van der Waals surface area contributed by atoms with E-state index in [9.17, 15) is 8.78 Å². The van der Waals surface area contributed by atoms with Gasteiger partial charge in [0.25, 0.3) is 0 Å². The first-order valence-electron chi connectivity index (χ1n) is 7.26. The van der Waals surface area contributed by atoms with Crippen LogP contribution in [0.5, 0.6) is 0 Å². The summed E-state index contributed by atoms with van der Waals surface area (Å²) in [7, 11) is 0. The number of halogens is 2. The van der Waals surface area contributed by atoms with Gasteiger partial charge in [-0.25, -0.2) is 13.5 Å². The van der Waals surface area contributed by atoms with E-state index in [-0.39, 0.29) is 12.6 Å². The smallest absolute Gasteiger partial charge is 0.159 e. The first-order valence-corrected chi connectivity index (χ1v) is 7.26. The predicted molar refractivity (Wildman–Crippen MR) is 83.5 cm³/mol. The highest BCUT2D eigenvalue weighted by atomic mass is 19.2. The number of nitrogens with two attached hydrogens (primary N) is 1. The molecule has 6 heteroatoms. The summed E-state index contributed by atoms with van der Waals surface area (Å²) in [5.74, 6) is -1.80. The Morgan fingerprint density at radius 2 is 1.83 bits per heavy atom. The second kappa shape index (κ2) is 6.26. The average molecular weight is 314 g/mol. The van der Waals surface area contributed by atoms with Crippen molar-refractivity contribution in [3.63, 3.8) is 0 Å². The molecule has 0 radical (unpaired) electrons. The molecule has 0 aliphatic heterocycles. The second-order valence-electron chi connectivity index (χ2n) is 5.25. The molecule has 1 atom stereocenters. The maximum atomic E-state index is 13.6. The lowest BCUT2D eigenvalue weighted by atomic mass is 10.1. The van der Waals surface area contributed by atoms with E-state index in [4.69, 9.17) is 5.73 Å². The van der Waals surface area contributed by atoms with Gasteiger partial charge >= 0.3 is 0 Å². The fraction of sp³-hybridized carbons (Fsp3) is 0.176. The molecule has 1 unspecified atom stereocenters. The van der Waals surface area contributed by atoms with Crippen molar-refractivity contribution >= 4 is 0 Å². The van der Waals surface area contributed by atoms with Crippen molar-refractivity contribution in [3.05, 3.63) is 71.4 Å². The van der Waals surface area contributed by atoms with Crippen LogP contribution in [0.4, 0.5) is 8.78 Å². The quantitative estimate of drug-likeness (QED) is 0.804. The molecule has 2 aromatic carbocycles. The standard InChI is InChI=1S/C17H16F2N4/c1-11(12-5-3-2-4-6-12)23-17(16(10-20)21-22-23)13-7-8-14(18)15(19)9-13/h2-9,11H,10,20H2,1H3. The summed E-state index contributed by atoms with van der Waals surface area (Å²) in [6, 6.07) is 13.4. The van der Waals surface area contributed by atoms with Crippen molar-refractivity contribution < 1.29 is 8.78 Å². The van der Waals surface area contributed by atoms with E-state index in [2.05, 4.69) is 10.3 Å². The van der Waals surface area contributed by atoms with E-state index in [0.717, 1.165) is 17.7 Å². The summed E-state index contributed by atoms with van der Waals surface area (Å²) in [4.78, 5) is 0. The van der Waals surface area contributed by atoms with Gasteiger partial charge in [-0.15, -0.1) is 5.10 Å². The molecule has 23 heavy (non-hydrogen) atoms. The van der Waals surface area contributed by atoms with E-state index >= 15 is 0 Å². The summed E-state index contributed by atoms with van der Waals surface area (Å²) in [5.41, 5.74) is 8.39. The lowest BCUT2D eigenvalue weighted by molar-refractivity contribution is 0.508. The minimum atomic E-state index is -0.911. The van der Waals surface area contributed by atoms with Gasteiger partial charge in [0.15, 0.2) is 11.6 Å². The summed E-state index contributed by atoms with van der Waals surface area (Å²) in [6.07, 6.45) is 0. The maximum Gasteiger partial charge on any atom is 0.159 e. The van der Waals surface area contributed by atoms with Crippen LogP contribution >= 0.6 is 0 Å². The highest BCUT2D eigenvalue weighted by Crippen LogP contribution is 2.28. The molecular formula is C17H16F2N4. The monoisotopic (exact) mass is 314 g/mol. The normalized spacial score (nSPS) is 12.3. The molecule has 0 aliphatic rings. The van der Waals surface area contributed by atoms with Gasteiger partial charge in [0, 0.05) is 12.1 Å². The molecule has 4 nitrogen and oxygen atoms in total. The summed E-state index contributed by atoms with van der Waals surface area (Å²) in [6.45, 7) is 2.13. The minimum Gasteiger partial charge on any atom is -0.325 e. The van der Waals surface area contributed by atoms with Gasteiger partial charge in [-0.1, -0.05) is 35.5 Å². The molecule has 118 valence electrons. The molecule has 0 fully saturated rings. The van der Waals surface area contributed by atoms with Gasteiger partial charge in [0.1, 0.15) is 5.69 Å². The van der Waals surface area contributed by atoms with Crippen molar-refractivity contribution in [1.29, 1.82) is 0 Å². The maximum absolute atomic E-state index is 13.6. The minimum absolute atomic E-state index is 0.118. The number of hydrogen-bond acceptors (Lipinski definition) is 3. The lowest BCUT2D eigenvalue weighted by Crippen LogP contribution is -2.11. The van der Waals surface area contributed by atoms with Gasteiger partial charge in [-0.05, 0) is 30.7 Å². The highest BCUT2D eigenvalue weighted by Gasteiger charge is 2.20. The number of nitrogens with zero attached hydrogens (tertiary/aromatic N) is 3. The van der Waals surface area contributed by atoms with Crippen LogP contribution < -0.4 is 5.73 Å². The Labute approximate surface area is 132 Å². The molecule has 0 spiro atoms. The Balaban J connectivity index is 2.12. The van der Waals surface area contributed by atoms with Gasteiger partial charge in [-0.3, -0.25) is 0 Å². The van der Waals surface area contributed by atoms with E-state index < -0.39 is 11.6 Å². The van der Waals surface area contributed by atoms with Crippen molar-refractivity contribution in [3.8, 4) is 11.3 Å². The largest absolute Gasteiger partial charge is 0.325 e. The molecule has 0 saturated heterocycles. The average Bonchev–Trinajstić information content (AvgIpc) is 3.01. The van der Waals surface area contributed by atoms with Crippen molar-refractivity contribution in [2.24, 2.45) is 5.73 Å². The number of benzene rings is 2. The predicted octanol–water partition coefficient (Wildman–Crippen LogP) is 3.29. The zero-order valence-corrected chi connectivity index (χ0v) is 12.6. The Bertz CT molecular complexity index is 815. The van der Waals surface area contributed by atoms with Crippen LogP contribution in [0.15, 0.2) is 48.5 Å². The number of rotatable bonds is 4. The Hall–Kier alpha value is -2.60. The third-order valence-corrected chi connectivity index (χ3v) is 3.80. The van der Waals surface area contributed by atoms with E-state index in [1.165, 1.54) is 6.07 Å². The molecule has 1 heterocycles. The van der Waals surface area contributed by atoms with E-state index in [1.54, 1.807) is 4.68 Å². The SMILES string of the molecule is CC(c1ccccc1)n1nnc(CN)c1-c1ccc(F)c(F)c1. The highest BCUT2D eigenvalue weighted by molar-refractivity contribution is 5.62. The van der Waals surface area contributed by atoms with E-state index in [0.29, 0.717) is 17.0 Å². The summed E-state index contributed by atoms with van der Waals surface area (Å²) >= 11 is 0. The van der Waals surface area contributed by atoms with Crippen LogP contribution in [0.1, 0.15) is 24.2 Å². The van der Waals surface area contributed by atoms with Crippen LogP contribution in [-0.2, 0) is 6.54 Å². The fourth-order valence-corrected chi connectivity index (χ4v) is 2.55. The van der Waals surface area contributed by atoms with Crippen molar-refractivity contribution in [1.82, 2.24) is 15.0 Å². The first kappa shape index (κ1) is 15.3. The lowest BCUT2D eigenvalue weighted by Gasteiger charge is -2.16. The molecule has 3 rings (SSSR count). The molecule has 3 aromatic rings. The topological polar surface area (TPSA) is 56.7 Å². The van der Waals surface area contributed by atoms with Gasteiger partial charge < -0.3 is 5.73 Å². The first-order chi connectivity index (χ1) is 11.1. The van der Waals surface area contributed by atoms with E-state index in [1.807, 2.05) is 37.3 Å². The summed E-state index contributed by atoms with van der Waals surface area (Å²) in [5, 5.41) is 8.24. The van der Waals surface area contributed by atoms with Crippen LogP contribution in [0.25, 0.3) is 11.3 Å². The molecule has 0 saturated carbocycles. The molecule has 2 N–H and O–H groups in total. The van der Waals surface area contributed by atoms with Gasteiger partial charge in [0.05, 0.1) is 11.7 Å².